The molecule has 1 atom stereocenters. The third kappa shape index (κ3) is 4.93. The molecule has 1 heterocycles. The number of hydrogen-bond acceptors (Lipinski definition) is 1. The molecule has 0 aromatic carbocycles. The second-order valence-corrected chi connectivity index (χ2v) is 20.1. The molecule has 1 unspecified atom stereocenters. The lowest BCUT2D eigenvalue weighted by molar-refractivity contribution is 0.363. The monoisotopic (exact) mass is 328 g/mol. The highest BCUT2D eigenvalue weighted by atomic mass is 28.4. The van der Waals surface area contributed by atoms with Gasteiger partial charge < -0.3 is 4.74 Å². The van der Waals surface area contributed by atoms with Gasteiger partial charge in [-0.15, -0.1) is 0 Å². The summed E-state index contributed by atoms with van der Waals surface area (Å²) in [6, 6.07) is 0. The van der Waals surface area contributed by atoms with Crippen LogP contribution >= 0.6 is 0 Å². The van der Waals surface area contributed by atoms with E-state index in [1.165, 1.54) is 57.8 Å². The molecule has 0 bridgehead atoms. The van der Waals surface area contributed by atoms with Crippen molar-refractivity contribution in [2.75, 3.05) is 0 Å². The van der Waals surface area contributed by atoms with Gasteiger partial charge in [0.2, 0.25) is 0 Å². The van der Waals surface area contributed by atoms with Crippen LogP contribution in [0.5, 0.6) is 0 Å². The number of epoxide rings is 1. The van der Waals surface area contributed by atoms with Crippen molar-refractivity contribution in [2.24, 2.45) is 0 Å². The van der Waals surface area contributed by atoms with Crippen LogP contribution in [0.2, 0.25) is 39.3 Å². The molecule has 0 radical (unpaired) electrons. The standard InChI is InChI=1S/C18H40OSi2/c1-8-9-10-11-12-13-14-15-16-17-18(19-17,20(2,3)4)21(5,6)7/h17H,8-16H2,1-7H3. The summed E-state index contributed by atoms with van der Waals surface area (Å²) in [5, 5.41) is 0. The first-order valence-electron chi connectivity index (χ1n) is 9.34. The van der Waals surface area contributed by atoms with Gasteiger partial charge in [0.05, 0.1) is 27.1 Å². The first-order chi connectivity index (χ1) is 9.67. The van der Waals surface area contributed by atoms with E-state index in [0.29, 0.717) is 11.0 Å². The van der Waals surface area contributed by atoms with Crippen LogP contribution < -0.4 is 0 Å². The Hall–Kier alpha value is 0.394. The molecule has 0 amide bonds. The van der Waals surface area contributed by atoms with E-state index < -0.39 is 16.1 Å². The molecule has 1 saturated heterocycles. The van der Waals surface area contributed by atoms with Crippen LogP contribution in [0.4, 0.5) is 0 Å². The normalized spacial score (nSPS) is 21.6. The lowest BCUT2D eigenvalue weighted by atomic mass is 10.1. The average molecular weight is 329 g/mol. The van der Waals surface area contributed by atoms with E-state index in [0.717, 1.165) is 0 Å². The van der Waals surface area contributed by atoms with Gasteiger partial charge in [0.1, 0.15) is 0 Å². The summed E-state index contributed by atoms with van der Waals surface area (Å²) in [5.74, 6) is 0. The Morgan fingerprint density at radius 1 is 0.714 bits per heavy atom. The first-order valence-corrected chi connectivity index (χ1v) is 16.3. The van der Waals surface area contributed by atoms with Gasteiger partial charge in [-0.3, -0.25) is 0 Å². The zero-order chi connectivity index (χ0) is 16.1. The molecule has 0 aliphatic carbocycles. The molecule has 0 aromatic rings. The molecule has 0 aromatic heterocycles. The summed E-state index contributed by atoms with van der Waals surface area (Å²) in [5.41, 5.74) is 0. The molecule has 1 nitrogen and oxygen atoms in total. The van der Waals surface area contributed by atoms with Crippen LogP contribution in [0.25, 0.3) is 0 Å². The molecule has 0 N–H and O–H groups in total. The minimum atomic E-state index is -1.22. The lowest BCUT2D eigenvalue weighted by Crippen LogP contribution is -2.59. The van der Waals surface area contributed by atoms with E-state index in [9.17, 15) is 0 Å². The van der Waals surface area contributed by atoms with Crippen LogP contribution in [0, 0.1) is 0 Å². The summed E-state index contributed by atoms with van der Waals surface area (Å²) in [7, 11) is -2.45. The first kappa shape index (κ1) is 19.4. The molecule has 0 saturated carbocycles. The molecule has 21 heavy (non-hydrogen) atoms. The van der Waals surface area contributed by atoms with Crippen molar-refractivity contribution >= 4 is 16.1 Å². The number of ether oxygens (including phenoxy) is 1. The van der Waals surface area contributed by atoms with Crippen LogP contribution in [-0.2, 0) is 4.74 Å². The fourth-order valence-corrected chi connectivity index (χ4v) is 16.6. The molecule has 1 fully saturated rings. The highest BCUT2D eigenvalue weighted by Crippen LogP contribution is 2.52. The minimum Gasteiger partial charge on any atom is -0.374 e. The fraction of sp³-hybridized carbons (Fsp3) is 1.00. The van der Waals surface area contributed by atoms with E-state index in [1.807, 2.05) is 0 Å². The van der Waals surface area contributed by atoms with Crippen molar-refractivity contribution in [1.82, 2.24) is 0 Å². The van der Waals surface area contributed by atoms with Gasteiger partial charge in [0.15, 0.2) is 0 Å². The second kappa shape index (κ2) is 7.78. The molecule has 1 rings (SSSR count). The highest BCUT2D eigenvalue weighted by molar-refractivity contribution is 6.99. The SMILES string of the molecule is CCCCCCCCCCC1OC1([Si](C)(C)C)[Si](C)(C)C. The van der Waals surface area contributed by atoms with Crippen LogP contribution in [-0.4, -0.2) is 27.1 Å². The second-order valence-electron chi connectivity index (χ2n) is 9.11. The van der Waals surface area contributed by atoms with Crippen LogP contribution in [0.3, 0.4) is 0 Å². The molecule has 3 heteroatoms. The van der Waals surface area contributed by atoms with Gasteiger partial charge in [0.25, 0.3) is 0 Å². The maximum absolute atomic E-state index is 6.42. The van der Waals surface area contributed by atoms with E-state index >= 15 is 0 Å². The van der Waals surface area contributed by atoms with Gasteiger partial charge in [-0.1, -0.05) is 97.6 Å². The zero-order valence-corrected chi connectivity index (χ0v) is 17.8. The maximum atomic E-state index is 6.42. The Bertz CT molecular complexity index is 287. The van der Waals surface area contributed by atoms with Crippen molar-refractivity contribution in [3.63, 3.8) is 0 Å². The quantitative estimate of drug-likeness (QED) is 0.242. The molecule has 0 spiro atoms. The Balaban J connectivity index is 2.23. The number of rotatable bonds is 11. The van der Waals surface area contributed by atoms with Gasteiger partial charge in [0, 0.05) is 0 Å². The highest BCUT2D eigenvalue weighted by Gasteiger charge is 2.69. The molecular weight excluding hydrogens is 288 g/mol. The summed E-state index contributed by atoms with van der Waals surface area (Å²) in [6.07, 6.45) is 13.3. The third-order valence-corrected chi connectivity index (χ3v) is 15.1. The minimum absolute atomic E-state index is 0.362. The van der Waals surface area contributed by atoms with Crippen molar-refractivity contribution in [1.29, 1.82) is 0 Å². The van der Waals surface area contributed by atoms with E-state index in [1.54, 1.807) is 0 Å². The Kier molecular flexibility index (Phi) is 7.20. The Morgan fingerprint density at radius 3 is 1.52 bits per heavy atom. The Labute approximate surface area is 136 Å². The van der Waals surface area contributed by atoms with Crippen molar-refractivity contribution < 1.29 is 4.74 Å². The van der Waals surface area contributed by atoms with Crippen molar-refractivity contribution in [2.45, 2.75) is 115 Å². The van der Waals surface area contributed by atoms with Crippen LogP contribution in [0.1, 0.15) is 64.7 Å². The van der Waals surface area contributed by atoms with Gasteiger partial charge in [-0.25, -0.2) is 0 Å². The molecule has 126 valence electrons. The fourth-order valence-electron chi connectivity index (χ4n) is 4.36. The maximum Gasteiger partial charge on any atom is 0.0817 e. The van der Waals surface area contributed by atoms with Gasteiger partial charge in [-0.2, -0.15) is 0 Å². The smallest absolute Gasteiger partial charge is 0.0817 e. The topological polar surface area (TPSA) is 12.5 Å². The molecule has 1 aliphatic rings. The van der Waals surface area contributed by atoms with Crippen molar-refractivity contribution in [3.8, 4) is 0 Å². The van der Waals surface area contributed by atoms with Crippen LogP contribution in [0.15, 0.2) is 0 Å². The molecule has 1 aliphatic heterocycles. The largest absolute Gasteiger partial charge is 0.374 e. The zero-order valence-electron chi connectivity index (χ0n) is 15.8. The number of unbranched alkanes of at least 4 members (excludes halogenated alkanes) is 7. The third-order valence-electron chi connectivity index (χ3n) is 5.27. The van der Waals surface area contributed by atoms with E-state index in [-0.39, 0.29) is 0 Å². The summed E-state index contributed by atoms with van der Waals surface area (Å²) in [6.45, 7) is 17.4. The predicted molar refractivity (Wildman–Crippen MR) is 102 cm³/mol. The van der Waals surface area contributed by atoms with Gasteiger partial charge >= 0.3 is 0 Å². The van der Waals surface area contributed by atoms with Gasteiger partial charge in [-0.05, 0) is 6.42 Å². The summed E-state index contributed by atoms with van der Waals surface area (Å²) in [4.78, 5) is 0.362. The Morgan fingerprint density at radius 2 is 1.14 bits per heavy atom. The summed E-state index contributed by atoms with van der Waals surface area (Å²) >= 11 is 0. The average Bonchev–Trinajstić information content (AvgIpc) is 3.07. The number of hydrogen-bond donors (Lipinski definition) is 0. The lowest BCUT2D eigenvalue weighted by Gasteiger charge is -2.36. The molecular formula is C18H40OSi2. The summed E-state index contributed by atoms with van der Waals surface area (Å²) < 4.78 is 6.42. The van der Waals surface area contributed by atoms with E-state index in [2.05, 4.69) is 46.2 Å². The van der Waals surface area contributed by atoms with Crippen molar-refractivity contribution in [3.05, 3.63) is 0 Å². The van der Waals surface area contributed by atoms with E-state index in [4.69, 9.17) is 4.74 Å². The predicted octanol–water partition coefficient (Wildman–Crippen LogP) is 6.41.